The Balaban J connectivity index is 1.41. The summed E-state index contributed by atoms with van der Waals surface area (Å²) in [7, 11) is 0. The van der Waals surface area contributed by atoms with E-state index < -0.39 is 0 Å². The highest BCUT2D eigenvalue weighted by atomic mass is 16.5. The lowest BCUT2D eigenvalue weighted by Crippen LogP contribution is -2.55. The van der Waals surface area contributed by atoms with Crippen molar-refractivity contribution in [2.45, 2.75) is 43.9 Å². The molecule has 118 valence electrons. The summed E-state index contributed by atoms with van der Waals surface area (Å²) >= 11 is 0. The lowest BCUT2D eigenvalue weighted by molar-refractivity contribution is -0.177. The molecule has 1 aromatic heterocycles. The molecule has 0 radical (unpaired) electrons. The summed E-state index contributed by atoms with van der Waals surface area (Å²) in [5.41, 5.74) is 2.28. The Bertz CT molecular complexity index is 643. The topological polar surface area (TPSA) is 48.5 Å². The summed E-state index contributed by atoms with van der Waals surface area (Å²) in [5.74, 6) is 0. The molecule has 3 heterocycles. The first-order valence-corrected chi connectivity index (χ1v) is 8.36. The fourth-order valence-electron chi connectivity index (χ4n) is 3.93. The maximum absolute atomic E-state index is 10.3. The Morgan fingerprint density at radius 3 is 2.95 bits per heavy atom. The van der Waals surface area contributed by atoms with Crippen LogP contribution in [0.15, 0.2) is 30.5 Å². The highest BCUT2D eigenvalue weighted by molar-refractivity contribution is 5.79. The quantitative estimate of drug-likeness (QED) is 0.896. The second kappa shape index (κ2) is 5.69. The van der Waals surface area contributed by atoms with E-state index in [4.69, 9.17) is 4.74 Å². The number of likely N-dealkylation sites (tertiary alicyclic amines) is 1. The first-order chi connectivity index (χ1) is 10.8. The minimum atomic E-state index is -0.279. The molecule has 4 heteroatoms. The van der Waals surface area contributed by atoms with E-state index in [1.807, 2.05) is 6.20 Å². The number of H-pyrrole nitrogens is 1. The Hall–Kier alpha value is -1.36. The van der Waals surface area contributed by atoms with Crippen LogP contribution in [0.2, 0.25) is 0 Å². The number of nitrogens with zero attached hydrogens (tertiary/aromatic N) is 1. The van der Waals surface area contributed by atoms with Crippen molar-refractivity contribution in [2.75, 3.05) is 19.7 Å². The average Bonchev–Trinajstić information content (AvgIpc) is 3.00. The van der Waals surface area contributed by atoms with Gasteiger partial charge in [-0.3, -0.25) is 4.90 Å². The first kappa shape index (κ1) is 14.2. The second-order valence-electron chi connectivity index (χ2n) is 6.75. The van der Waals surface area contributed by atoms with Crippen molar-refractivity contribution >= 4 is 10.9 Å². The van der Waals surface area contributed by atoms with Crippen LogP contribution in [-0.4, -0.2) is 46.4 Å². The summed E-state index contributed by atoms with van der Waals surface area (Å²) in [6.45, 7) is 3.78. The normalized spacial score (nSPS) is 25.8. The molecule has 2 aliphatic rings. The van der Waals surface area contributed by atoms with Gasteiger partial charge in [0, 0.05) is 38.0 Å². The average molecular weight is 300 g/mol. The van der Waals surface area contributed by atoms with Crippen LogP contribution in [0, 0.1) is 0 Å². The van der Waals surface area contributed by atoms with Crippen LogP contribution in [0.25, 0.3) is 10.9 Å². The Morgan fingerprint density at radius 2 is 2.14 bits per heavy atom. The predicted octanol–water partition coefficient (Wildman–Crippen LogP) is 2.67. The maximum atomic E-state index is 10.3. The molecule has 1 spiro atoms. The molecule has 0 saturated carbocycles. The molecule has 2 aromatic rings. The number of aromatic nitrogens is 1. The summed E-state index contributed by atoms with van der Waals surface area (Å²) in [6, 6.07) is 8.74. The number of fused-ring (bicyclic) bond motifs is 1. The molecule has 2 N–H and O–H groups in total. The van der Waals surface area contributed by atoms with Crippen LogP contribution >= 0.6 is 0 Å². The fraction of sp³-hybridized carbons (Fsp3) is 0.556. The van der Waals surface area contributed by atoms with Gasteiger partial charge in [0.2, 0.25) is 0 Å². The van der Waals surface area contributed by atoms with Gasteiger partial charge in [0.05, 0.1) is 11.7 Å². The lowest BCUT2D eigenvalue weighted by Gasteiger charge is -2.46. The zero-order valence-corrected chi connectivity index (χ0v) is 12.9. The number of aromatic amines is 1. The van der Waals surface area contributed by atoms with E-state index in [1.165, 1.54) is 16.5 Å². The third kappa shape index (κ3) is 2.56. The van der Waals surface area contributed by atoms with Crippen molar-refractivity contribution in [1.29, 1.82) is 0 Å². The number of nitrogens with one attached hydrogen (secondary N) is 1. The molecule has 1 atom stereocenters. The first-order valence-electron chi connectivity index (χ1n) is 8.36. The number of rotatable bonds is 2. The molecular formula is C18H24N2O2. The van der Waals surface area contributed by atoms with Gasteiger partial charge in [0.15, 0.2) is 0 Å². The molecule has 2 fully saturated rings. The van der Waals surface area contributed by atoms with Crippen LogP contribution in [0.1, 0.15) is 31.2 Å². The highest BCUT2D eigenvalue weighted by Crippen LogP contribution is 2.35. The van der Waals surface area contributed by atoms with Gasteiger partial charge in [0.25, 0.3) is 0 Å². The largest absolute Gasteiger partial charge is 0.390 e. The van der Waals surface area contributed by atoms with E-state index in [1.54, 1.807) is 0 Å². The molecule has 2 saturated heterocycles. The standard InChI is InChI=1S/C18H24N2O2/c21-17-2-1-11-22-18(17)6-9-20(10-7-18)13-14-3-4-15-5-8-19-16(15)12-14/h3-5,8,12,17,19,21H,1-2,6-7,9-11,13H2/t17-/m0/s1. The number of aliphatic hydroxyl groups is 1. The van der Waals surface area contributed by atoms with E-state index in [0.717, 1.165) is 51.9 Å². The van der Waals surface area contributed by atoms with Gasteiger partial charge in [-0.05, 0) is 48.8 Å². The van der Waals surface area contributed by atoms with E-state index >= 15 is 0 Å². The molecule has 2 aliphatic heterocycles. The number of ether oxygens (including phenoxy) is 1. The van der Waals surface area contributed by atoms with E-state index in [9.17, 15) is 5.11 Å². The van der Waals surface area contributed by atoms with E-state index in [-0.39, 0.29) is 11.7 Å². The number of hydrogen-bond acceptors (Lipinski definition) is 3. The molecule has 4 rings (SSSR count). The van der Waals surface area contributed by atoms with Crippen molar-refractivity contribution in [3.63, 3.8) is 0 Å². The summed E-state index contributed by atoms with van der Waals surface area (Å²) < 4.78 is 5.98. The van der Waals surface area contributed by atoms with Crippen LogP contribution in [0.3, 0.4) is 0 Å². The minimum absolute atomic E-state index is 0.266. The van der Waals surface area contributed by atoms with Crippen molar-refractivity contribution < 1.29 is 9.84 Å². The SMILES string of the molecule is O[C@H]1CCCOC12CCN(Cc1ccc3cc[nH]c3c1)CC2. The van der Waals surface area contributed by atoms with Gasteiger partial charge in [0.1, 0.15) is 0 Å². The summed E-state index contributed by atoms with van der Waals surface area (Å²) in [4.78, 5) is 5.75. The van der Waals surface area contributed by atoms with Crippen LogP contribution in [-0.2, 0) is 11.3 Å². The third-order valence-corrected chi connectivity index (χ3v) is 5.35. The van der Waals surface area contributed by atoms with Gasteiger partial charge in [-0.15, -0.1) is 0 Å². The number of piperidine rings is 1. The smallest absolute Gasteiger partial charge is 0.0964 e. The lowest BCUT2D eigenvalue weighted by atomic mass is 9.82. The molecule has 0 unspecified atom stereocenters. The van der Waals surface area contributed by atoms with E-state index in [0.29, 0.717) is 0 Å². The van der Waals surface area contributed by atoms with Gasteiger partial charge < -0.3 is 14.8 Å². The number of aliphatic hydroxyl groups excluding tert-OH is 1. The molecular weight excluding hydrogens is 276 g/mol. The molecule has 22 heavy (non-hydrogen) atoms. The Kier molecular flexibility index (Phi) is 3.68. The molecule has 0 aliphatic carbocycles. The Morgan fingerprint density at radius 1 is 1.27 bits per heavy atom. The van der Waals surface area contributed by atoms with Crippen LogP contribution < -0.4 is 0 Å². The summed E-state index contributed by atoms with van der Waals surface area (Å²) in [6.07, 6.45) is 5.48. The third-order valence-electron chi connectivity index (χ3n) is 5.35. The van der Waals surface area contributed by atoms with Gasteiger partial charge in [-0.2, -0.15) is 0 Å². The predicted molar refractivity (Wildman–Crippen MR) is 86.7 cm³/mol. The van der Waals surface area contributed by atoms with E-state index in [2.05, 4.69) is 34.1 Å². The summed E-state index contributed by atoms with van der Waals surface area (Å²) in [5, 5.41) is 11.6. The molecule has 1 aromatic carbocycles. The number of hydrogen-bond donors (Lipinski definition) is 2. The van der Waals surface area contributed by atoms with Gasteiger partial charge in [-0.25, -0.2) is 0 Å². The minimum Gasteiger partial charge on any atom is -0.390 e. The zero-order valence-electron chi connectivity index (χ0n) is 12.9. The van der Waals surface area contributed by atoms with Gasteiger partial charge >= 0.3 is 0 Å². The molecule has 0 bridgehead atoms. The van der Waals surface area contributed by atoms with Crippen molar-refractivity contribution in [2.24, 2.45) is 0 Å². The number of benzene rings is 1. The van der Waals surface area contributed by atoms with Crippen molar-refractivity contribution in [1.82, 2.24) is 9.88 Å². The zero-order chi connectivity index (χ0) is 15.0. The molecule has 0 amide bonds. The van der Waals surface area contributed by atoms with Crippen molar-refractivity contribution in [3.8, 4) is 0 Å². The van der Waals surface area contributed by atoms with Crippen molar-refractivity contribution in [3.05, 3.63) is 36.0 Å². The molecule has 4 nitrogen and oxygen atoms in total. The van der Waals surface area contributed by atoms with Crippen LogP contribution in [0.5, 0.6) is 0 Å². The monoisotopic (exact) mass is 300 g/mol. The second-order valence-corrected chi connectivity index (χ2v) is 6.75. The Labute approximate surface area is 131 Å². The highest BCUT2D eigenvalue weighted by Gasteiger charge is 2.43. The fourth-order valence-corrected chi connectivity index (χ4v) is 3.93. The van der Waals surface area contributed by atoms with Crippen LogP contribution in [0.4, 0.5) is 0 Å². The maximum Gasteiger partial charge on any atom is 0.0964 e. The van der Waals surface area contributed by atoms with Gasteiger partial charge in [-0.1, -0.05) is 12.1 Å².